The zero-order chi connectivity index (χ0) is 6.69. The summed E-state index contributed by atoms with van der Waals surface area (Å²) in [6.45, 7) is 0. The van der Waals surface area contributed by atoms with E-state index in [1.54, 1.807) is 0 Å². The van der Waals surface area contributed by atoms with Crippen LogP contribution in [0.5, 0.6) is 0 Å². The zero-order valence-electron chi connectivity index (χ0n) is 5.51. The summed E-state index contributed by atoms with van der Waals surface area (Å²) in [7, 11) is 0. The monoisotopic (exact) mass is 225 g/mol. The molecule has 0 aliphatic heterocycles. The molecule has 0 saturated heterocycles. The van der Waals surface area contributed by atoms with E-state index >= 15 is 0 Å². The van der Waals surface area contributed by atoms with Gasteiger partial charge in [0, 0.05) is 0 Å². The molecule has 1 aromatic rings. The molecule has 0 atom stereocenters. The van der Waals surface area contributed by atoms with Crippen LogP contribution in [0.4, 0.5) is 0 Å². The first-order valence-corrected chi connectivity index (χ1v) is 5.34. The fourth-order valence-corrected chi connectivity index (χ4v) is 1.48. The van der Waals surface area contributed by atoms with Crippen LogP contribution in [0.3, 0.4) is 0 Å². The van der Waals surface area contributed by atoms with E-state index in [-0.39, 0.29) is 12.4 Å². The number of halogens is 2. The quantitative estimate of drug-likeness (QED) is 0.647. The van der Waals surface area contributed by atoms with E-state index in [1.807, 2.05) is 12.1 Å². The predicted octanol–water partition coefficient (Wildman–Crippen LogP) is 2.81. The Labute approximate surface area is 82.1 Å². The van der Waals surface area contributed by atoms with Crippen molar-refractivity contribution in [3.63, 3.8) is 0 Å². The van der Waals surface area contributed by atoms with Crippen molar-refractivity contribution in [1.82, 2.24) is 0 Å². The third-order valence-corrected chi connectivity index (χ3v) is 2.67. The minimum absolute atomic E-state index is 0. The average molecular weight is 227 g/mol. The summed E-state index contributed by atoms with van der Waals surface area (Å²) < 4.78 is 0. The Morgan fingerprint density at radius 3 is 2.10 bits per heavy atom. The third-order valence-electron chi connectivity index (χ3n) is 1.20. The van der Waals surface area contributed by atoms with Gasteiger partial charge in [-0.05, 0) is 0 Å². The third kappa shape index (κ3) is 3.01. The molecule has 3 heteroatoms. The maximum atomic E-state index is 5.68. The van der Waals surface area contributed by atoms with Crippen LogP contribution in [0, 0.1) is 0 Å². The van der Waals surface area contributed by atoms with Crippen LogP contribution < -0.4 is 0 Å². The van der Waals surface area contributed by atoms with Crippen LogP contribution in [-0.2, 0) is 23.3 Å². The second kappa shape index (κ2) is 5.12. The SMILES string of the molecule is Cl.Clc1ccc([CH2][Zn])cc1. The van der Waals surface area contributed by atoms with Crippen molar-refractivity contribution in [2.75, 3.05) is 0 Å². The van der Waals surface area contributed by atoms with Gasteiger partial charge >= 0.3 is 69.8 Å². The number of benzene rings is 1. The molecule has 0 N–H and O–H groups in total. The van der Waals surface area contributed by atoms with Crippen LogP contribution in [0.15, 0.2) is 24.3 Å². The van der Waals surface area contributed by atoms with Gasteiger partial charge in [-0.25, -0.2) is 0 Å². The Bertz CT molecular complexity index is 183. The molecule has 0 nitrogen and oxygen atoms in total. The molecule has 0 aliphatic carbocycles. The molecule has 0 unspecified atom stereocenters. The van der Waals surface area contributed by atoms with Crippen molar-refractivity contribution >= 4 is 24.0 Å². The van der Waals surface area contributed by atoms with Crippen molar-refractivity contribution in [2.45, 2.75) is 5.02 Å². The van der Waals surface area contributed by atoms with Gasteiger partial charge in [0.2, 0.25) is 0 Å². The van der Waals surface area contributed by atoms with Crippen LogP contribution in [0.2, 0.25) is 5.02 Å². The van der Waals surface area contributed by atoms with Gasteiger partial charge in [0.1, 0.15) is 0 Å². The number of hydrogen-bond acceptors (Lipinski definition) is 0. The molecule has 1 aromatic carbocycles. The van der Waals surface area contributed by atoms with E-state index in [2.05, 4.69) is 12.1 Å². The summed E-state index contributed by atoms with van der Waals surface area (Å²) in [5.41, 5.74) is 1.39. The van der Waals surface area contributed by atoms with E-state index in [4.69, 9.17) is 11.6 Å². The van der Waals surface area contributed by atoms with Gasteiger partial charge in [-0.2, -0.15) is 0 Å². The van der Waals surface area contributed by atoms with E-state index < -0.39 is 0 Å². The van der Waals surface area contributed by atoms with Gasteiger partial charge < -0.3 is 0 Å². The standard InChI is InChI=1S/C7H6Cl.ClH.Zn/c1-6-2-4-7(8)5-3-6;;/h2-5H,1H2;1H;. The van der Waals surface area contributed by atoms with Gasteiger partial charge in [-0.3, -0.25) is 0 Å². The van der Waals surface area contributed by atoms with Crippen molar-refractivity contribution in [3.05, 3.63) is 34.9 Å². The maximum absolute atomic E-state index is 5.68. The molecular formula is C7H7Cl2Zn. The molecule has 0 bridgehead atoms. The molecule has 0 spiro atoms. The van der Waals surface area contributed by atoms with E-state index in [1.165, 1.54) is 28.9 Å². The van der Waals surface area contributed by atoms with Gasteiger partial charge in [-0.1, -0.05) is 0 Å². The molecule has 0 amide bonds. The van der Waals surface area contributed by atoms with Gasteiger partial charge in [0.25, 0.3) is 0 Å². The van der Waals surface area contributed by atoms with Crippen molar-refractivity contribution in [2.24, 2.45) is 0 Å². The van der Waals surface area contributed by atoms with E-state index in [0.717, 1.165) is 5.02 Å². The number of rotatable bonds is 1. The van der Waals surface area contributed by atoms with Gasteiger partial charge in [0.05, 0.1) is 0 Å². The average Bonchev–Trinajstić information content (AvgIpc) is 1.90. The molecule has 0 aliphatic rings. The Hall–Kier alpha value is 0.423. The molecule has 0 aromatic heterocycles. The Balaban J connectivity index is 0.000000810. The molecule has 1 rings (SSSR count). The summed E-state index contributed by atoms with van der Waals surface area (Å²) in [6.07, 6.45) is 0. The zero-order valence-corrected chi connectivity index (χ0v) is 10.0. The molecule has 51 valence electrons. The molecule has 0 saturated carbocycles. The molecule has 0 fully saturated rings. The fourth-order valence-electron chi connectivity index (χ4n) is 0.651. The second-order valence-corrected chi connectivity index (χ2v) is 3.36. The molecule has 10 heavy (non-hydrogen) atoms. The summed E-state index contributed by atoms with van der Waals surface area (Å²) in [4.78, 5) is 0. The topological polar surface area (TPSA) is 0 Å². The first kappa shape index (κ1) is 10.4. The summed E-state index contributed by atoms with van der Waals surface area (Å²) >= 11 is 7.00. The van der Waals surface area contributed by atoms with Crippen LogP contribution in [-0.4, -0.2) is 0 Å². The van der Waals surface area contributed by atoms with Gasteiger partial charge in [0.15, 0.2) is 0 Å². The second-order valence-electron chi connectivity index (χ2n) is 1.88. The minimum atomic E-state index is 0. The molecular weight excluding hydrogens is 220 g/mol. The van der Waals surface area contributed by atoms with Crippen molar-refractivity contribution < 1.29 is 18.3 Å². The number of hydrogen-bond donors (Lipinski definition) is 0. The first-order chi connectivity index (χ1) is 4.33. The van der Waals surface area contributed by atoms with Crippen molar-refractivity contribution in [1.29, 1.82) is 0 Å². The van der Waals surface area contributed by atoms with E-state index in [0.29, 0.717) is 0 Å². The first-order valence-electron chi connectivity index (χ1n) is 2.86. The fraction of sp³-hybridized carbons (Fsp3) is 0.143. The van der Waals surface area contributed by atoms with E-state index in [9.17, 15) is 0 Å². The van der Waals surface area contributed by atoms with Crippen LogP contribution in [0.25, 0.3) is 0 Å². The molecule has 0 heterocycles. The Morgan fingerprint density at radius 1 is 1.20 bits per heavy atom. The van der Waals surface area contributed by atoms with Crippen LogP contribution in [0.1, 0.15) is 5.56 Å². The van der Waals surface area contributed by atoms with Crippen molar-refractivity contribution in [3.8, 4) is 0 Å². The summed E-state index contributed by atoms with van der Waals surface area (Å²) in [6, 6.07) is 8.02. The normalized spacial score (nSPS) is 8.70. The summed E-state index contributed by atoms with van der Waals surface area (Å²) in [5.74, 6) is 0. The Kier molecular flexibility index (Phi) is 5.34. The Morgan fingerprint density at radius 2 is 1.70 bits per heavy atom. The van der Waals surface area contributed by atoms with Gasteiger partial charge in [-0.15, -0.1) is 12.4 Å². The predicted molar refractivity (Wildman–Crippen MR) is 42.4 cm³/mol. The van der Waals surface area contributed by atoms with Crippen LogP contribution >= 0.6 is 24.0 Å². The molecule has 0 radical (unpaired) electrons. The summed E-state index contributed by atoms with van der Waals surface area (Å²) in [5, 5.41) is 2.03.